The smallest absolute Gasteiger partial charge is 0.256 e. The van der Waals surface area contributed by atoms with Crippen molar-refractivity contribution >= 4 is 29.1 Å². The number of fused-ring (bicyclic) bond motifs is 1. The van der Waals surface area contributed by atoms with Gasteiger partial charge in [0.05, 0.1) is 35.5 Å². The van der Waals surface area contributed by atoms with Crippen molar-refractivity contribution < 1.29 is 14.6 Å². The Labute approximate surface area is 227 Å². The van der Waals surface area contributed by atoms with E-state index in [9.17, 15) is 9.90 Å². The number of rotatable bonds is 7. The molecule has 2 heterocycles. The minimum atomic E-state index is -1.05. The lowest BCUT2D eigenvalue weighted by Crippen LogP contribution is -2.30. The van der Waals surface area contributed by atoms with E-state index in [4.69, 9.17) is 33.2 Å². The van der Waals surface area contributed by atoms with Crippen LogP contribution in [-0.4, -0.2) is 27.5 Å². The first-order valence-corrected chi connectivity index (χ1v) is 12.8. The Balaban J connectivity index is 0.000000396. The molecule has 1 saturated carbocycles. The molecule has 0 radical (unpaired) electrons. The molecule has 0 bridgehead atoms. The Kier molecular flexibility index (Phi) is 8.20. The maximum absolute atomic E-state index is 13.3. The number of amides is 1. The number of hydrogen-bond acceptors (Lipinski definition) is 5. The molecule has 1 amide bonds. The number of aromatic nitrogens is 1. The average molecular weight is 538 g/mol. The van der Waals surface area contributed by atoms with Crippen molar-refractivity contribution in [2.24, 2.45) is 5.41 Å². The molecule has 2 aliphatic rings. The van der Waals surface area contributed by atoms with Crippen LogP contribution in [0.25, 0.3) is 0 Å². The molecule has 37 heavy (non-hydrogen) atoms. The predicted octanol–water partition coefficient (Wildman–Crippen LogP) is 6.67. The van der Waals surface area contributed by atoms with Crippen LogP contribution >= 0.6 is 23.2 Å². The van der Waals surface area contributed by atoms with Crippen LogP contribution in [-0.2, 0) is 16.9 Å². The van der Waals surface area contributed by atoms with E-state index in [1.54, 1.807) is 43.1 Å². The number of nitriles is 1. The molecule has 192 valence electrons. The third kappa shape index (κ3) is 6.68. The molecule has 6 nitrogen and oxygen atoms in total. The summed E-state index contributed by atoms with van der Waals surface area (Å²) in [6.07, 6.45) is 3.38. The van der Waals surface area contributed by atoms with E-state index >= 15 is 0 Å². The van der Waals surface area contributed by atoms with Crippen LogP contribution < -0.4 is 0 Å². The van der Waals surface area contributed by atoms with Gasteiger partial charge in [-0.1, -0.05) is 53.5 Å². The summed E-state index contributed by atoms with van der Waals surface area (Å²) in [6.45, 7) is 4.08. The van der Waals surface area contributed by atoms with Gasteiger partial charge in [0.1, 0.15) is 0 Å². The van der Waals surface area contributed by atoms with Crippen molar-refractivity contribution in [2.75, 3.05) is 6.61 Å². The summed E-state index contributed by atoms with van der Waals surface area (Å²) in [4.78, 5) is 19.2. The SMILES string of the molecule is CC(C)(O)c1ccc2c(c1)C(=O)N(Cc1ccc(Cl)cn1)C2OCC1(CC#N)CC1.Clc1ccccc1. The van der Waals surface area contributed by atoms with Gasteiger partial charge in [-0.2, -0.15) is 5.26 Å². The summed E-state index contributed by atoms with van der Waals surface area (Å²) < 4.78 is 6.25. The van der Waals surface area contributed by atoms with Crippen molar-refractivity contribution in [3.05, 3.63) is 99.3 Å². The topological polar surface area (TPSA) is 86.4 Å². The van der Waals surface area contributed by atoms with Crippen LogP contribution in [0.5, 0.6) is 0 Å². The molecule has 1 fully saturated rings. The van der Waals surface area contributed by atoms with Crippen LogP contribution in [0.15, 0.2) is 66.9 Å². The number of nitrogens with zero attached hydrogens (tertiary/aromatic N) is 3. The molecule has 1 aliphatic heterocycles. The van der Waals surface area contributed by atoms with Gasteiger partial charge in [0.2, 0.25) is 0 Å². The van der Waals surface area contributed by atoms with Crippen LogP contribution in [0.3, 0.4) is 0 Å². The first-order chi connectivity index (χ1) is 17.6. The lowest BCUT2D eigenvalue weighted by Gasteiger charge is -2.27. The summed E-state index contributed by atoms with van der Waals surface area (Å²) in [7, 11) is 0. The van der Waals surface area contributed by atoms with Crippen LogP contribution in [0, 0.1) is 16.7 Å². The van der Waals surface area contributed by atoms with Crippen molar-refractivity contribution in [2.45, 2.75) is 51.5 Å². The normalized spacial score (nSPS) is 17.5. The van der Waals surface area contributed by atoms with Crippen molar-refractivity contribution in [3.8, 4) is 6.07 Å². The number of aliphatic hydroxyl groups is 1. The predicted molar refractivity (Wildman–Crippen MR) is 143 cm³/mol. The molecule has 0 saturated heterocycles. The first-order valence-electron chi connectivity index (χ1n) is 12.1. The van der Waals surface area contributed by atoms with Crippen molar-refractivity contribution in [3.63, 3.8) is 0 Å². The highest BCUT2D eigenvalue weighted by Gasteiger charge is 2.45. The van der Waals surface area contributed by atoms with Crippen molar-refractivity contribution in [1.29, 1.82) is 5.26 Å². The fraction of sp³-hybridized carbons (Fsp3) is 0.345. The summed E-state index contributed by atoms with van der Waals surface area (Å²) in [5.41, 5.74) is 1.52. The Hall–Kier alpha value is -2.95. The highest BCUT2D eigenvalue weighted by molar-refractivity contribution is 6.30. The van der Waals surface area contributed by atoms with E-state index in [1.165, 1.54) is 0 Å². The molecule has 1 aliphatic carbocycles. The number of hydrogen-bond donors (Lipinski definition) is 1. The van der Waals surface area contributed by atoms with E-state index in [0.29, 0.717) is 34.9 Å². The zero-order chi connectivity index (χ0) is 26.6. The molecule has 0 spiro atoms. The number of carbonyl (C=O) groups excluding carboxylic acids is 1. The Morgan fingerprint density at radius 3 is 2.41 bits per heavy atom. The van der Waals surface area contributed by atoms with Crippen molar-refractivity contribution in [1.82, 2.24) is 9.88 Å². The van der Waals surface area contributed by atoms with Gasteiger partial charge >= 0.3 is 0 Å². The second-order valence-electron chi connectivity index (χ2n) is 10.1. The monoisotopic (exact) mass is 537 g/mol. The Morgan fingerprint density at radius 2 is 1.86 bits per heavy atom. The Bertz CT molecular complexity index is 1280. The van der Waals surface area contributed by atoms with Gasteiger partial charge < -0.3 is 14.7 Å². The van der Waals surface area contributed by atoms with Gasteiger partial charge in [0.25, 0.3) is 5.91 Å². The number of benzene rings is 2. The van der Waals surface area contributed by atoms with Gasteiger partial charge in [-0.15, -0.1) is 0 Å². The van der Waals surface area contributed by atoms with E-state index in [-0.39, 0.29) is 17.9 Å². The molecule has 2 aromatic carbocycles. The summed E-state index contributed by atoms with van der Waals surface area (Å²) in [6, 6.07) is 20.6. The molecule has 1 N–H and O–H groups in total. The summed E-state index contributed by atoms with van der Waals surface area (Å²) in [5, 5.41) is 20.8. The molecular weight excluding hydrogens is 509 g/mol. The number of ether oxygens (including phenoxy) is 1. The third-order valence-corrected chi connectivity index (χ3v) is 7.09. The highest BCUT2D eigenvalue weighted by atomic mass is 35.5. The van der Waals surface area contributed by atoms with Crippen LogP contribution in [0.1, 0.15) is 66.5 Å². The molecule has 5 rings (SSSR count). The zero-order valence-corrected chi connectivity index (χ0v) is 22.3. The van der Waals surface area contributed by atoms with Gasteiger partial charge in [0, 0.05) is 34.2 Å². The number of carbonyl (C=O) groups is 1. The third-order valence-electron chi connectivity index (χ3n) is 6.61. The molecule has 1 aromatic heterocycles. The van der Waals surface area contributed by atoms with Gasteiger partial charge in [0.15, 0.2) is 6.23 Å². The maximum atomic E-state index is 13.3. The minimum absolute atomic E-state index is 0.0994. The second kappa shape index (κ2) is 11.2. The van der Waals surface area contributed by atoms with Crippen LogP contribution in [0.2, 0.25) is 10.0 Å². The molecule has 3 aromatic rings. The van der Waals surface area contributed by atoms with Gasteiger partial charge in [-0.05, 0) is 62.6 Å². The molecule has 1 atom stereocenters. The lowest BCUT2D eigenvalue weighted by molar-refractivity contribution is -0.0595. The maximum Gasteiger partial charge on any atom is 0.256 e. The van der Waals surface area contributed by atoms with E-state index in [2.05, 4.69) is 11.1 Å². The first kappa shape index (κ1) is 27.1. The lowest BCUT2D eigenvalue weighted by atomic mass is 9.94. The van der Waals surface area contributed by atoms with E-state index < -0.39 is 11.8 Å². The summed E-state index contributed by atoms with van der Waals surface area (Å²) >= 11 is 11.5. The van der Waals surface area contributed by atoms with Gasteiger partial charge in [-0.3, -0.25) is 9.78 Å². The number of pyridine rings is 1. The average Bonchev–Trinajstić information content (AvgIpc) is 3.58. The summed E-state index contributed by atoms with van der Waals surface area (Å²) in [5.74, 6) is -0.164. The standard InChI is InChI=1S/C23H24ClN3O3.C6H5Cl/c1-22(2,29)15-3-6-18-19(11-15)20(28)27(13-17-5-4-16(24)12-26-17)21(18)30-14-23(7-8-23)9-10-25;7-6-4-2-1-3-5-6/h3-6,11-12,21,29H,7-9,13-14H2,1-2H3;1-5H. The molecular formula is C29H29Cl2N3O3. The molecule has 1 unspecified atom stereocenters. The second-order valence-corrected chi connectivity index (χ2v) is 10.9. The Morgan fingerprint density at radius 1 is 1.14 bits per heavy atom. The van der Waals surface area contributed by atoms with Crippen LogP contribution in [0.4, 0.5) is 0 Å². The largest absolute Gasteiger partial charge is 0.386 e. The quantitative estimate of drug-likeness (QED) is 0.363. The number of halogens is 2. The van der Waals surface area contributed by atoms with Gasteiger partial charge in [-0.25, -0.2) is 0 Å². The highest BCUT2D eigenvalue weighted by Crippen LogP contribution is 2.50. The molecule has 8 heteroatoms. The zero-order valence-electron chi connectivity index (χ0n) is 20.8. The fourth-order valence-corrected chi connectivity index (χ4v) is 4.42. The minimum Gasteiger partial charge on any atom is -0.386 e. The van der Waals surface area contributed by atoms with E-state index in [1.807, 2.05) is 42.5 Å². The van der Waals surface area contributed by atoms with E-state index in [0.717, 1.165) is 23.4 Å². The fourth-order valence-electron chi connectivity index (χ4n) is 4.16.